The highest BCUT2D eigenvalue weighted by Gasteiger charge is 2.58. The van der Waals surface area contributed by atoms with Gasteiger partial charge in [-0.1, -0.05) is 30.3 Å². The van der Waals surface area contributed by atoms with Crippen LogP contribution in [0.3, 0.4) is 0 Å². The van der Waals surface area contributed by atoms with Crippen LogP contribution in [0.4, 0.5) is 40.8 Å². The Bertz CT molecular complexity index is 874. The van der Waals surface area contributed by atoms with Crippen LogP contribution >= 0.6 is 0 Å². The summed E-state index contributed by atoms with van der Waals surface area (Å²) in [7, 11) is 0. The molecule has 0 aliphatic heterocycles. The SMILES string of the molecule is Cc1cccc(N(Cc2cccc(C(F)(F)C(F)(F)F)c2)CC(C)(O)C(F)(F)F)c1. The number of aryl methyl sites for hydroxylation is 1. The monoisotopic (exact) mass is 441 g/mol. The number of anilines is 1. The van der Waals surface area contributed by atoms with Gasteiger partial charge in [0.15, 0.2) is 5.60 Å². The van der Waals surface area contributed by atoms with Gasteiger partial charge >= 0.3 is 18.3 Å². The highest BCUT2D eigenvalue weighted by molar-refractivity contribution is 5.49. The smallest absolute Gasteiger partial charge is 0.379 e. The van der Waals surface area contributed by atoms with Crippen molar-refractivity contribution in [3.63, 3.8) is 0 Å². The lowest BCUT2D eigenvalue weighted by Gasteiger charge is -2.34. The van der Waals surface area contributed by atoms with E-state index in [2.05, 4.69) is 0 Å². The Balaban J connectivity index is 2.43. The summed E-state index contributed by atoms with van der Waals surface area (Å²) in [4.78, 5) is 1.07. The van der Waals surface area contributed by atoms with Crippen molar-refractivity contribution in [2.24, 2.45) is 0 Å². The number of benzene rings is 2. The van der Waals surface area contributed by atoms with Crippen LogP contribution in [-0.4, -0.2) is 29.6 Å². The summed E-state index contributed by atoms with van der Waals surface area (Å²) in [6.45, 7) is 0.843. The number of rotatable bonds is 6. The van der Waals surface area contributed by atoms with Crippen molar-refractivity contribution in [3.8, 4) is 0 Å². The van der Waals surface area contributed by atoms with Gasteiger partial charge in [-0.05, 0) is 43.2 Å². The van der Waals surface area contributed by atoms with Gasteiger partial charge in [0, 0.05) is 17.8 Å². The highest BCUT2D eigenvalue weighted by atomic mass is 19.4. The molecule has 0 radical (unpaired) electrons. The molecule has 0 amide bonds. The average Bonchev–Trinajstić information content (AvgIpc) is 2.59. The fourth-order valence-electron chi connectivity index (χ4n) is 2.77. The maximum atomic E-state index is 13.7. The van der Waals surface area contributed by atoms with E-state index in [1.165, 1.54) is 18.2 Å². The van der Waals surface area contributed by atoms with Crippen molar-refractivity contribution in [1.82, 2.24) is 0 Å². The molecule has 0 aliphatic carbocycles. The second-order valence-electron chi connectivity index (χ2n) is 7.24. The minimum atomic E-state index is -5.82. The van der Waals surface area contributed by atoms with Gasteiger partial charge in [0.25, 0.3) is 0 Å². The molecule has 0 fully saturated rings. The minimum Gasteiger partial charge on any atom is -0.379 e. The first-order chi connectivity index (χ1) is 13.5. The summed E-state index contributed by atoms with van der Waals surface area (Å²) >= 11 is 0. The summed E-state index contributed by atoms with van der Waals surface area (Å²) in [6.07, 6.45) is -10.8. The molecule has 2 rings (SSSR count). The molecule has 1 atom stereocenters. The van der Waals surface area contributed by atoms with E-state index >= 15 is 0 Å². The molecule has 0 saturated heterocycles. The zero-order chi connectivity index (χ0) is 23.0. The summed E-state index contributed by atoms with van der Waals surface area (Å²) in [5.41, 5.74) is -3.62. The first-order valence-electron chi connectivity index (χ1n) is 8.69. The van der Waals surface area contributed by atoms with Crippen molar-refractivity contribution in [1.29, 1.82) is 0 Å². The lowest BCUT2D eigenvalue weighted by atomic mass is 10.0. The summed E-state index contributed by atoms with van der Waals surface area (Å²) < 4.78 is 105. The van der Waals surface area contributed by atoms with E-state index in [0.717, 1.165) is 11.0 Å². The zero-order valence-electron chi connectivity index (χ0n) is 16.0. The minimum absolute atomic E-state index is 0.0732. The van der Waals surface area contributed by atoms with Gasteiger partial charge in [-0.3, -0.25) is 0 Å². The predicted molar refractivity (Wildman–Crippen MR) is 95.3 cm³/mol. The third-order valence-corrected chi connectivity index (χ3v) is 4.50. The normalized spacial score (nSPS) is 15.0. The summed E-state index contributed by atoms with van der Waals surface area (Å²) in [6, 6.07) is 9.58. The number of hydrogen-bond donors (Lipinski definition) is 1. The Morgan fingerprint density at radius 2 is 1.43 bits per heavy atom. The summed E-state index contributed by atoms with van der Waals surface area (Å²) in [5.74, 6) is -5.12. The molecular formula is C20H19F8NO. The first kappa shape index (κ1) is 23.9. The van der Waals surface area contributed by atoms with Crippen LogP contribution in [0.15, 0.2) is 48.5 Å². The molecule has 0 spiro atoms. The molecule has 1 unspecified atom stereocenters. The molecule has 0 aromatic heterocycles. The molecule has 30 heavy (non-hydrogen) atoms. The quantitative estimate of drug-likeness (QED) is 0.559. The topological polar surface area (TPSA) is 23.5 Å². The lowest BCUT2D eigenvalue weighted by Crippen LogP contribution is -2.51. The molecule has 0 saturated carbocycles. The van der Waals surface area contributed by atoms with Crippen molar-refractivity contribution in [2.45, 2.75) is 44.3 Å². The molecule has 1 N–H and O–H groups in total. The molecule has 166 valence electrons. The van der Waals surface area contributed by atoms with E-state index in [-0.39, 0.29) is 11.3 Å². The Morgan fingerprint density at radius 1 is 0.833 bits per heavy atom. The lowest BCUT2D eigenvalue weighted by molar-refractivity contribution is -0.289. The Morgan fingerprint density at radius 3 is 1.97 bits per heavy atom. The fourth-order valence-corrected chi connectivity index (χ4v) is 2.77. The third kappa shape index (κ3) is 5.21. The Labute approximate surface area is 167 Å². The molecule has 0 aliphatic rings. The predicted octanol–water partition coefficient (Wildman–Crippen LogP) is 5.97. The standard InChI is InChI=1S/C20H19F8NO/c1-13-5-3-8-16(9-13)29(12-17(2,30)19(23,24)25)11-14-6-4-7-15(10-14)18(21,22)20(26,27)28/h3-10,30H,11-12H2,1-2H3. The third-order valence-electron chi connectivity index (χ3n) is 4.50. The highest BCUT2D eigenvalue weighted by Crippen LogP contribution is 2.44. The number of halogens is 8. The van der Waals surface area contributed by atoms with E-state index < -0.39 is 42.5 Å². The Hall–Kier alpha value is -2.36. The maximum Gasteiger partial charge on any atom is 0.458 e. The Kier molecular flexibility index (Phi) is 6.42. The molecule has 2 aromatic carbocycles. The van der Waals surface area contributed by atoms with Crippen molar-refractivity contribution in [2.75, 3.05) is 11.4 Å². The van der Waals surface area contributed by atoms with Crippen LogP contribution < -0.4 is 4.90 Å². The van der Waals surface area contributed by atoms with Crippen molar-refractivity contribution < 1.29 is 40.2 Å². The van der Waals surface area contributed by atoms with Crippen LogP contribution in [0.1, 0.15) is 23.6 Å². The van der Waals surface area contributed by atoms with Gasteiger partial charge in [0.1, 0.15) is 0 Å². The second kappa shape index (κ2) is 8.05. The molecule has 0 bridgehead atoms. The second-order valence-corrected chi connectivity index (χ2v) is 7.24. The van der Waals surface area contributed by atoms with E-state index in [4.69, 9.17) is 0 Å². The van der Waals surface area contributed by atoms with E-state index in [1.807, 2.05) is 0 Å². The van der Waals surface area contributed by atoms with Gasteiger partial charge < -0.3 is 10.0 Å². The molecule has 2 nitrogen and oxygen atoms in total. The molecule has 2 aromatic rings. The van der Waals surface area contributed by atoms with Crippen molar-refractivity contribution in [3.05, 3.63) is 65.2 Å². The summed E-state index contributed by atoms with van der Waals surface area (Å²) in [5, 5.41) is 9.89. The van der Waals surface area contributed by atoms with Crippen LogP contribution in [0.25, 0.3) is 0 Å². The molecule has 0 heterocycles. The number of alkyl halides is 8. The van der Waals surface area contributed by atoms with Gasteiger partial charge in [-0.15, -0.1) is 0 Å². The molecule has 10 heteroatoms. The zero-order valence-corrected chi connectivity index (χ0v) is 16.0. The van der Waals surface area contributed by atoms with E-state index in [0.29, 0.717) is 24.6 Å². The largest absolute Gasteiger partial charge is 0.458 e. The maximum absolute atomic E-state index is 13.7. The number of hydrogen-bond acceptors (Lipinski definition) is 2. The van der Waals surface area contributed by atoms with Crippen LogP contribution in [0.5, 0.6) is 0 Å². The van der Waals surface area contributed by atoms with Crippen molar-refractivity contribution >= 4 is 5.69 Å². The number of aliphatic hydroxyl groups is 1. The fraction of sp³-hybridized carbons (Fsp3) is 0.400. The average molecular weight is 441 g/mol. The van der Waals surface area contributed by atoms with Crippen LogP contribution in [0.2, 0.25) is 0 Å². The first-order valence-corrected chi connectivity index (χ1v) is 8.69. The van der Waals surface area contributed by atoms with Gasteiger partial charge in [0.05, 0.1) is 6.54 Å². The van der Waals surface area contributed by atoms with E-state index in [1.54, 1.807) is 19.1 Å². The number of nitrogens with zero attached hydrogens (tertiary/aromatic N) is 1. The van der Waals surface area contributed by atoms with E-state index in [9.17, 15) is 40.2 Å². The molecular weight excluding hydrogens is 422 g/mol. The van der Waals surface area contributed by atoms with Gasteiger partial charge in [0.2, 0.25) is 0 Å². The van der Waals surface area contributed by atoms with Crippen LogP contribution in [-0.2, 0) is 12.5 Å². The van der Waals surface area contributed by atoms with Gasteiger partial charge in [-0.25, -0.2) is 0 Å². The van der Waals surface area contributed by atoms with Gasteiger partial charge in [-0.2, -0.15) is 35.1 Å². The van der Waals surface area contributed by atoms with Crippen LogP contribution in [0, 0.1) is 6.92 Å².